The van der Waals surface area contributed by atoms with E-state index in [0.717, 1.165) is 5.56 Å². The Morgan fingerprint density at radius 2 is 1.85 bits per heavy atom. The Morgan fingerprint density at radius 1 is 1.20 bits per heavy atom. The Bertz CT molecular complexity index is 623. The van der Waals surface area contributed by atoms with Crippen molar-refractivity contribution in [3.8, 4) is 0 Å². The van der Waals surface area contributed by atoms with E-state index in [0.29, 0.717) is 15.7 Å². The van der Waals surface area contributed by atoms with E-state index < -0.39 is 0 Å². The highest BCUT2D eigenvalue weighted by Crippen LogP contribution is 2.24. The highest BCUT2D eigenvalue weighted by Gasteiger charge is 2.14. The SMILES string of the molecule is Cc1ccc(C(C)NC(=O)c2cccc(N)c2Br)cc1. The normalized spacial score (nSPS) is 11.9. The number of rotatable bonds is 3. The molecule has 1 amide bonds. The third-order valence-corrected chi connectivity index (χ3v) is 4.08. The van der Waals surface area contributed by atoms with E-state index in [-0.39, 0.29) is 11.9 Å². The molecule has 0 saturated heterocycles. The number of carbonyl (C=O) groups excluding carboxylic acids is 1. The van der Waals surface area contributed by atoms with Gasteiger partial charge >= 0.3 is 0 Å². The second kappa shape index (κ2) is 6.09. The van der Waals surface area contributed by atoms with Gasteiger partial charge < -0.3 is 11.1 Å². The number of amides is 1. The summed E-state index contributed by atoms with van der Waals surface area (Å²) in [5, 5.41) is 2.98. The number of benzene rings is 2. The van der Waals surface area contributed by atoms with Crippen LogP contribution in [0.25, 0.3) is 0 Å². The fraction of sp³-hybridized carbons (Fsp3) is 0.188. The van der Waals surface area contributed by atoms with Crippen molar-refractivity contribution in [3.05, 3.63) is 63.6 Å². The smallest absolute Gasteiger partial charge is 0.252 e. The average Bonchev–Trinajstić information content (AvgIpc) is 2.42. The predicted molar refractivity (Wildman–Crippen MR) is 85.6 cm³/mol. The molecule has 3 N–H and O–H groups in total. The van der Waals surface area contributed by atoms with Crippen LogP contribution in [-0.4, -0.2) is 5.91 Å². The molecule has 1 atom stereocenters. The number of hydrogen-bond donors (Lipinski definition) is 2. The van der Waals surface area contributed by atoms with Gasteiger partial charge in [0.25, 0.3) is 5.91 Å². The van der Waals surface area contributed by atoms with Crippen molar-refractivity contribution in [2.75, 3.05) is 5.73 Å². The maximum Gasteiger partial charge on any atom is 0.252 e. The molecule has 2 aromatic rings. The maximum absolute atomic E-state index is 12.3. The molecule has 0 aromatic heterocycles. The molecular weight excluding hydrogens is 316 g/mol. The van der Waals surface area contributed by atoms with Gasteiger partial charge in [-0.25, -0.2) is 0 Å². The van der Waals surface area contributed by atoms with Crippen molar-refractivity contribution in [2.45, 2.75) is 19.9 Å². The first-order chi connectivity index (χ1) is 9.49. The average molecular weight is 333 g/mol. The molecule has 0 radical (unpaired) electrons. The van der Waals surface area contributed by atoms with Gasteiger partial charge in [-0.05, 0) is 47.5 Å². The minimum absolute atomic E-state index is 0.0589. The van der Waals surface area contributed by atoms with Gasteiger partial charge in [-0.1, -0.05) is 35.9 Å². The second-order valence-corrected chi connectivity index (χ2v) is 5.61. The highest BCUT2D eigenvalue weighted by molar-refractivity contribution is 9.10. The van der Waals surface area contributed by atoms with Crippen molar-refractivity contribution in [3.63, 3.8) is 0 Å². The van der Waals surface area contributed by atoms with Gasteiger partial charge in [-0.2, -0.15) is 0 Å². The van der Waals surface area contributed by atoms with Gasteiger partial charge in [0.05, 0.1) is 16.1 Å². The molecule has 0 fully saturated rings. The number of anilines is 1. The molecule has 104 valence electrons. The Hall–Kier alpha value is -1.81. The lowest BCUT2D eigenvalue weighted by atomic mass is 10.1. The number of carbonyl (C=O) groups is 1. The van der Waals surface area contributed by atoms with Crippen molar-refractivity contribution in [1.29, 1.82) is 0 Å². The molecule has 0 aliphatic rings. The largest absolute Gasteiger partial charge is 0.398 e. The molecule has 0 spiro atoms. The summed E-state index contributed by atoms with van der Waals surface area (Å²) in [6, 6.07) is 13.3. The Kier molecular flexibility index (Phi) is 4.45. The van der Waals surface area contributed by atoms with E-state index in [1.807, 2.05) is 38.1 Å². The summed E-state index contributed by atoms with van der Waals surface area (Å²) in [5.74, 6) is -0.141. The maximum atomic E-state index is 12.3. The first-order valence-electron chi connectivity index (χ1n) is 6.40. The first-order valence-corrected chi connectivity index (χ1v) is 7.19. The molecule has 0 saturated carbocycles. The molecule has 2 aromatic carbocycles. The number of aryl methyl sites for hydroxylation is 1. The number of halogens is 1. The van der Waals surface area contributed by atoms with Gasteiger partial charge in [0.1, 0.15) is 0 Å². The van der Waals surface area contributed by atoms with E-state index in [1.165, 1.54) is 5.56 Å². The highest BCUT2D eigenvalue weighted by atomic mass is 79.9. The summed E-state index contributed by atoms with van der Waals surface area (Å²) >= 11 is 3.35. The monoisotopic (exact) mass is 332 g/mol. The third-order valence-electron chi connectivity index (χ3n) is 3.20. The minimum atomic E-state index is -0.141. The van der Waals surface area contributed by atoms with Crippen LogP contribution in [0, 0.1) is 6.92 Å². The van der Waals surface area contributed by atoms with Gasteiger partial charge in [0.2, 0.25) is 0 Å². The van der Waals surface area contributed by atoms with Crippen LogP contribution < -0.4 is 11.1 Å². The standard InChI is InChI=1S/C16H17BrN2O/c1-10-6-8-12(9-7-10)11(2)19-16(20)13-4-3-5-14(18)15(13)17/h3-9,11H,18H2,1-2H3,(H,19,20). The van der Waals surface area contributed by atoms with E-state index in [1.54, 1.807) is 18.2 Å². The fourth-order valence-electron chi connectivity index (χ4n) is 1.94. The van der Waals surface area contributed by atoms with Crippen LogP contribution in [0.2, 0.25) is 0 Å². The van der Waals surface area contributed by atoms with Crippen LogP contribution in [0.15, 0.2) is 46.9 Å². The van der Waals surface area contributed by atoms with Crippen LogP contribution in [0.5, 0.6) is 0 Å². The number of nitrogens with one attached hydrogen (secondary N) is 1. The predicted octanol–water partition coefficient (Wildman–Crippen LogP) is 3.83. The lowest BCUT2D eigenvalue weighted by Gasteiger charge is -2.15. The van der Waals surface area contributed by atoms with E-state index in [9.17, 15) is 4.79 Å². The van der Waals surface area contributed by atoms with Crippen LogP contribution in [-0.2, 0) is 0 Å². The summed E-state index contributed by atoms with van der Waals surface area (Å²) < 4.78 is 0.633. The summed E-state index contributed by atoms with van der Waals surface area (Å²) in [4.78, 5) is 12.3. The Labute approximate surface area is 127 Å². The lowest BCUT2D eigenvalue weighted by Crippen LogP contribution is -2.27. The molecule has 0 aliphatic heterocycles. The zero-order valence-corrected chi connectivity index (χ0v) is 13.1. The van der Waals surface area contributed by atoms with Crippen LogP contribution in [0.4, 0.5) is 5.69 Å². The third kappa shape index (κ3) is 3.20. The molecular formula is C16H17BrN2O. The van der Waals surface area contributed by atoms with Gasteiger partial charge in [0, 0.05) is 5.69 Å². The molecule has 20 heavy (non-hydrogen) atoms. The topological polar surface area (TPSA) is 55.1 Å². The van der Waals surface area contributed by atoms with Crippen LogP contribution >= 0.6 is 15.9 Å². The Morgan fingerprint density at radius 3 is 2.50 bits per heavy atom. The van der Waals surface area contributed by atoms with Crippen molar-refractivity contribution < 1.29 is 4.79 Å². The first kappa shape index (κ1) is 14.6. The summed E-state index contributed by atoms with van der Waals surface area (Å²) in [5.41, 5.74) is 9.16. The fourth-order valence-corrected chi connectivity index (χ4v) is 2.38. The second-order valence-electron chi connectivity index (χ2n) is 4.81. The van der Waals surface area contributed by atoms with Crippen molar-refractivity contribution in [2.24, 2.45) is 0 Å². The zero-order valence-electron chi connectivity index (χ0n) is 11.5. The van der Waals surface area contributed by atoms with Crippen LogP contribution in [0.1, 0.15) is 34.5 Å². The number of nitrogens with two attached hydrogens (primary N) is 1. The van der Waals surface area contributed by atoms with Crippen LogP contribution in [0.3, 0.4) is 0 Å². The summed E-state index contributed by atoms with van der Waals surface area (Å²) in [7, 11) is 0. The van der Waals surface area contributed by atoms with E-state index in [2.05, 4.69) is 21.2 Å². The molecule has 0 aliphatic carbocycles. The van der Waals surface area contributed by atoms with E-state index in [4.69, 9.17) is 5.73 Å². The van der Waals surface area contributed by atoms with Crippen molar-refractivity contribution in [1.82, 2.24) is 5.32 Å². The molecule has 0 heterocycles. The zero-order chi connectivity index (χ0) is 14.7. The molecule has 4 heteroatoms. The van der Waals surface area contributed by atoms with Gasteiger partial charge in [-0.15, -0.1) is 0 Å². The minimum Gasteiger partial charge on any atom is -0.398 e. The quantitative estimate of drug-likeness (QED) is 0.839. The molecule has 3 nitrogen and oxygen atoms in total. The Balaban J connectivity index is 2.15. The lowest BCUT2D eigenvalue weighted by molar-refractivity contribution is 0.0939. The van der Waals surface area contributed by atoms with E-state index >= 15 is 0 Å². The number of nitrogen functional groups attached to an aromatic ring is 1. The van der Waals surface area contributed by atoms with Crippen molar-refractivity contribution >= 4 is 27.5 Å². The number of hydrogen-bond acceptors (Lipinski definition) is 2. The molecule has 1 unspecified atom stereocenters. The van der Waals surface area contributed by atoms with Gasteiger partial charge in [0.15, 0.2) is 0 Å². The summed E-state index contributed by atoms with van der Waals surface area (Å²) in [6.07, 6.45) is 0. The molecule has 2 rings (SSSR count). The summed E-state index contributed by atoms with van der Waals surface area (Å²) in [6.45, 7) is 4.00. The van der Waals surface area contributed by atoms with Gasteiger partial charge in [-0.3, -0.25) is 4.79 Å². The molecule has 0 bridgehead atoms.